The molecule has 1 aliphatic heterocycles. The van der Waals surface area contributed by atoms with Gasteiger partial charge in [0.1, 0.15) is 5.82 Å². The maximum Gasteiger partial charge on any atom is 0.191 e. The van der Waals surface area contributed by atoms with Crippen molar-refractivity contribution in [2.24, 2.45) is 4.99 Å². The smallest absolute Gasteiger partial charge is 0.191 e. The molecule has 2 rings (SSSR count). The summed E-state index contributed by atoms with van der Waals surface area (Å²) >= 11 is 0. The summed E-state index contributed by atoms with van der Waals surface area (Å²) in [6.07, 6.45) is 4.42. The molecule has 1 atom stereocenters. The van der Waals surface area contributed by atoms with Gasteiger partial charge < -0.3 is 15.5 Å². The van der Waals surface area contributed by atoms with E-state index in [4.69, 9.17) is 0 Å². The van der Waals surface area contributed by atoms with Crippen LogP contribution in [0.5, 0.6) is 0 Å². The third-order valence-corrected chi connectivity index (χ3v) is 4.36. The van der Waals surface area contributed by atoms with Gasteiger partial charge in [-0.05, 0) is 43.6 Å². The number of anilines is 1. The van der Waals surface area contributed by atoms with Crippen LogP contribution in [0.25, 0.3) is 0 Å². The zero-order chi connectivity index (χ0) is 16.7. The monoisotopic (exact) mass is 318 g/mol. The first-order valence-corrected chi connectivity index (χ1v) is 8.44. The molecule has 128 valence electrons. The van der Waals surface area contributed by atoms with Crippen molar-refractivity contribution < 1.29 is 0 Å². The van der Waals surface area contributed by atoms with E-state index in [1.807, 2.05) is 38.3 Å². The maximum atomic E-state index is 4.34. The number of nitrogens with one attached hydrogen (secondary N) is 2. The van der Waals surface area contributed by atoms with Gasteiger partial charge >= 0.3 is 0 Å². The van der Waals surface area contributed by atoms with Crippen LogP contribution >= 0.6 is 0 Å². The van der Waals surface area contributed by atoms with Crippen molar-refractivity contribution >= 4 is 11.8 Å². The number of hydrogen-bond acceptors (Lipinski definition) is 4. The van der Waals surface area contributed by atoms with E-state index in [0.29, 0.717) is 6.04 Å². The lowest BCUT2D eigenvalue weighted by molar-refractivity contribution is 0.267. The highest BCUT2D eigenvalue weighted by Gasteiger charge is 2.22. The molecule has 6 heteroatoms. The van der Waals surface area contributed by atoms with Crippen molar-refractivity contribution in [1.29, 1.82) is 0 Å². The Morgan fingerprint density at radius 1 is 1.43 bits per heavy atom. The van der Waals surface area contributed by atoms with Gasteiger partial charge in [0.2, 0.25) is 0 Å². The molecule has 0 saturated carbocycles. The Hall–Kier alpha value is -1.82. The second-order valence-corrected chi connectivity index (χ2v) is 6.15. The summed E-state index contributed by atoms with van der Waals surface area (Å²) in [5.74, 6) is 1.83. The molecule has 0 bridgehead atoms. The number of guanidine groups is 1. The number of nitrogens with zero attached hydrogens (tertiary/aromatic N) is 4. The summed E-state index contributed by atoms with van der Waals surface area (Å²) < 4.78 is 0. The molecular formula is C17H30N6. The lowest BCUT2D eigenvalue weighted by atomic mass is 10.2. The molecular weight excluding hydrogens is 288 g/mol. The average Bonchev–Trinajstić information content (AvgIpc) is 3.02. The van der Waals surface area contributed by atoms with Gasteiger partial charge in [0, 0.05) is 46.5 Å². The normalized spacial score (nSPS) is 19.0. The third kappa shape index (κ3) is 5.10. The molecule has 6 nitrogen and oxygen atoms in total. The highest BCUT2D eigenvalue weighted by molar-refractivity contribution is 5.79. The van der Waals surface area contributed by atoms with Crippen LogP contribution in [0.4, 0.5) is 5.82 Å². The summed E-state index contributed by atoms with van der Waals surface area (Å²) in [5.41, 5.74) is 1.20. The Bertz CT molecular complexity index is 514. The predicted molar refractivity (Wildman–Crippen MR) is 97.0 cm³/mol. The van der Waals surface area contributed by atoms with E-state index in [-0.39, 0.29) is 0 Å². The molecule has 1 aromatic heterocycles. The second-order valence-electron chi connectivity index (χ2n) is 6.15. The zero-order valence-corrected chi connectivity index (χ0v) is 14.8. The largest absolute Gasteiger partial charge is 0.363 e. The topological polar surface area (TPSA) is 55.8 Å². The fourth-order valence-electron chi connectivity index (χ4n) is 2.98. The lowest BCUT2D eigenvalue weighted by Crippen LogP contribution is -2.44. The quantitative estimate of drug-likeness (QED) is 0.612. The van der Waals surface area contributed by atoms with Gasteiger partial charge in [-0.1, -0.05) is 6.92 Å². The minimum Gasteiger partial charge on any atom is -0.363 e. The predicted octanol–water partition coefficient (Wildman–Crippen LogP) is 1.30. The summed E-state index contributed by atoms with van der Waals surface area (Å²) in [7, 11) is 5.82. The highest BCUT2D eigenvalue weighted by atomic mass is 15.2. The number of likely N-dealkylation sites (N-methyl/N-ethyl adjacent to an activating group) is 1. The minimum absolute atomic E-state index is 0.625. The Kier molecular flexibility index (Phi) is 6.65. The Labute approximate surface area is 140 Å². The number of aromatic nitrogens is 1. The van der Waals surface area contributed by atoms with Crippen LogP contribution in [0.2, 0.25) is 0 Å². The van der Waals surface area contributed by atoms with Crippen molar-refractivity contribution in [2.75, 3.05) is 45.7 Å². The van der Waals surface area contributed by atoms with E-state index >= 15 is 0 Å². The van der Waals surface area contributed by atoms with Gasteiger partial charge in [0.25, 0.3) is 0 Å². The van der Waals surface area contributed by atoms with E-state index in [0.717, 1.165) is 31.4 Å². The van der Waals surface area contributed by atoms with Crippen LogP contribution in [0.3, 0.4) is 0 Å². The lowest BCUT2D eigenvalue weighted by Gasteiger charge is -2.24. The molecule has 2 heterocycles. The second kappa shape index (κ2) is 8.72. The highest BCUT2D eigenvalue weighted by Crippen LogP contribution is 2.15. The molecule has 2 N–H and O–H groups in total. The van der Waals surface area contributed by atoms with Gasteiger partial charge in [-0.15, -0.1) is 0 Å². The number of aliphatic imine (C=N–C) groups is 1. The molecule has 1 aromatic rings. The molecule has 1 saturated heterocycles. The summed E-state index contributed by atoms with van der Waals surface area (Å²) in [6.45, 7) is 6.27. The number of pyridine rings is 1. The zero-order valence-electron chi connectivity index (χ0n) is 14.8. The molecule has 0 radical (unpaired) electrons. The van der Waals surface area contributed by atoms with Gasteiger partial charge in [0.05, 0.1) is 0 Å². The molecule has 1 unspecified atom stereocenters. The molecule has 0 amide bonds. The van der Waals surface area contributed by atoms with Crippen molar-refractivity contribution in [1.82, 2.24) is 20.5 Å². The first kappa shape index (κ1) is 17.5. The van der Waals surface area contributed by atoms with Crippen LogP contribution in [0, 0.1) is 0 Å². The van der Waals surface area contributed by atoms with Crippen LogP contribution in [0.1, 0.15) is 25.3 Å². The Morgan fingerprint density at radius 2 is 2.26 bits per heavy atom. The number of rotatable bonds is 6. The third-order valence-electron chi connectivity index (χ3n) is 4.36. The van der Waals surface area contributed by atoms with E-state index in [1.54, 1.807) is 0 Å². The van der Waals surface area contributed by atoms with Gasteiger partial charge in [-0.3, -0.25) is 9.89 Å². The molecule has 1 aliphatic rings. The standard InChI is InChI=1S/C17H30N6/c1-5-23-10-6-7-15(23)13-21-17(18-2)20-12-14-8-9-19-16(11-14)22(3)4/h8-9,11,15H,5-7,10,12-13H2,1-4H3,(H2,18,20,21). The molecule has 1 fully saturated rings. The summed E-state index contributed by atoms with van der Waals surface area (Å²) in [5, 5.41) is 6.84. The minimum atomic E-state index is 0.625. The first-order chi connectivity index (χ1) is 11.1. The van der Waals surface area contributed by atoms with Gasteiger partial charge in [-0.25, -0.2) is 4.98 Å². The van der Waals surface area contributed by atoms with Crippen molar-refractivity contribution in [3.63, 3.8) is 0 Å². The SMILES string of the molecule is CCN1CCCC1CNC(=NC)NCc1ccnc(N(C)C)c1. The van der Waals surface area contributed by atoms with E-state index < -0.39 is 0 Å². The number of hydrogen-bond donors (Lipinski definition) is 2. The number of likely N-dealkylation sites (tertiary alicyclic amines) is 1. The van der Waals surface area contributed by atoms with E-state index in [9.17, 15) is 0 Å². The molecule has 0 aliphatic carbocycles. The molecule has 0 spiro atoms. The van der Waals surface area contributed by atoms with Gasteiger partial charge in [-0.2, -0.15) is 0 Å². The van der Waals surface area contributed by atoms with Crippen LogP contribution < -0.4 is 15.5 Å². The molecule has 23 heavy (non-hydrogen) atoms. The maximum absolute atomic E-state index is 4.34. The van der Waals surface area contributed by atoms with E-state index in [2.05, 4.69) is 38.5 Å². The first-order valence-electron chi connectivity index (χ1n) is 8.44. The van der Waals surface area contributed by atoms with Crippen LogP contribution in [0.15, 0.2) is 23.3 Å². The Morgan fingerprint density at radius 3 is 2.96 bits per heavy atom. The van der Waals surface area contributed by atoms with Gasteiger partial charge in [0.15, 0.2) is 5.96 Å². The van der Waals surface area contributed by atoms with Crippen molar-refractivity contribution in [3.8, 4) is 0 Å². The van der Waals surface area contributed by atoms with Crippen LogP contribution in [-0.2, 0) is 6.54 Å². The summed E-state index contributed by atoms with van der Waals surface area (Å²) in [6, 6.07) is 4.75. The van der Waals surface area contributed by atoms with Crippen LogP contribution in [-0.4, -0.2) is 62.7 Å². The van der Waals surface area contributed by atoms with E-state index in [1.165, 1.54) is 24.9 Å². The fraction of sp³-hybridized carbons (Fsp3) is 0.647. The van der Waals surface area contributed by atoms with Crippen molar-refractivity contribution in [2.45, 2.75) is 32.4 Å². The average molecular weight is 318 g/mol. The fourth-order valence-corrected chi connectivity index (χ4v) is 2.98. The Balaban J connectivity index is 1.82. The summed E-state index contributed by atoms with van der Waals surface area (Å²) in [4.78, 5) is 13.2. The van der Waals surface area contributed by atoms with Crippen molar-refractivity contribution in [3.05, 3.63) is 23.9 Å². The molecule has 0 aromatic carbocycles.